The first-order chi connectivity index (χ1) is 8.41. The highest BCUT2D eigenvalue weighted by molar-refractivity contribution is 9.10. The number of alkyl halides is 3. The van der Waals surface area contributed by atoms with Gasteiger partial charge >= 0.3 is 6.18 Å². The molecule has 0 saturated heterocycles. The summed E-state index contributed by atoms with van der Waals surface area (Å²) in [6.07, 6.45) is -4.46. The van der Waals surface area contributed by atoms with Crippen molar-refractivity contribution in [3.8, 4) is 11.1 Å². The smallest absolute Gasteiger partial charge is 0.398 e. The SMILES string of the molecule is Nc1ccc(-c2ccccc2)c(C(F)(F)F)c1Br. The summed E-state index contributed by atoms with van der Waals surface area (Å²) in [5.74, 6) is 0. The maximum absolute atomic E-state index is 13.1. The van der Waals surface area contributed by atoms with Crippen molar-refractivity contribution in [2.24, 2.45) is 0 Å². The van der Waals surface area contributed by atoms with Crippen LogP contribution in [0.2, 0.25) is 0 Å². The molecular weight excluding hydrogens is 307 g/mol. The van der Waals surface area contributed by atoms with Crippen molar-refractivity contribution in [3.05, 3.63) is 52.5 Å². The molecule has 18 heavy (non-hydrogen) atoms. The van der Waals surface area contributed by atoms with Gasteiger partial charge in [0.05, 0.1) is 10.0 Å². The standard InChI is InChI=1S/C13H9BrF3N/c14-12-10(18)7-6-9(11(12)13(15,16)17)8-4-2-1-3-5-8/h1-7H,18H2. The van der Waals surface area contributed by atoms with E-state index in [1.807, 2.05) is 0 Å². The van der Waals surface area contributed by atoms with Gasteiger partial charge in [-0.2, -0.15) is 13.2 Å². The van der Waals surface area contributed by atoms with Crippen molar-refractivity contribution in [2.45, 2.75) is 6.18 Å². The number of rotatable bonds is 1. The zero-order chi connectivity index (χ0) is 13.3. The number of hydrogen-bond acceptors (Lipinski definition) is 1. The Hall–Kier alpha value is -1.49. The third kappa shape index (κ3) is 2.36. The number of hydrogen-bond donors (Lipinski definition) is 1. The van der Waals surface area contributed by atoms with Crippen LogP contribution >= 0.6 is 15.9 Å². The molecule has 0 heterocycles. The van der Waals surface area contributed by atoms with Gasteiger partial charge in [-0.1, -0.05) is 36.4 Å². The lowest BCUT2D eigenvalue weighted by atomic mass is 9.99. The average Bonchev–Trinajstić information content (AvgIpc) is 2.32. The second-order valence-corrected chi connectivity index (χ2v) is 4.55. The fourth-order valence-electron chi connectivity index (χ4n) is 1.73. The molecule has 1 nitrogen and oxygen atoms in total. The molecule has 2 N–H and O–H groups in total. The van der Waals surface area contributed by atoms with Crippen LogP contribution in [-0.4, -0.2) is 0 Å². The Balaban J connectivity index is 2.73. The molecule has 2 rings (SSSR count). The quantitative estimate of drug-likeness (QED) is 0.757. The van der Waals surface area contributed by atoms with Crippen LogP contribution in [-0.2, 0) is 6.18 Å². The first kappa shape index (κ1) is 13.0. The Morgan fingerprint density at radius 2 is 1.56 bits per heavy atom. The maximum Gasteiger partial charge on any atom is 0.418 e. The Labute approximate surface area is 111 Å². The van der Waals surface area contributed by atoms with E-state index in [-0.39, 0.29) is 15.7 Å². The van der Waals surface area contributed by atoms with E-state index in [0.717, 1.165) is 0 Å². The van der Waals surface area contributed by atoms with Gasteiger partial charge in [0.1, 0.15) is 0 Å². The van der Waals surface area contributed by atoms with Crippen LogP contribution in [0.15, 0.2) is 46.9 Å². The summed E-state index contributed by atoms with van der Waals surface area (Å²) in [7, 11) is 0. The number of nitrogen functional groups attached to an aromatic ring is 1. The minimum absolute atomic E-state index is 0.0713. The van der Waals surface area contributed by atoms with E-state index in [9.17, 15) is 13.2 Å². The fraction of sp³-hybridized carbons (Fsp3) is 0.0769. The molecule has 0 bridgehead atoms. The minimum Gasteiger partial charge on any atom is -0.398 e. The Bertz CT molecular complexity index is 564. The van der Waals surface area contributed by atoms with Crippen LogP contribution in [0.25, 0.3) is 11.1 Å². The summed E-state index contributed by atoms with van der Waals surface area (Å²) in [4.78, 5) is 0. The molecule has 5 heteroatoms. The molecule has 0 radical (unpaired) electrons. The van der Waals surface area contributed by atoms with Gasteiger partial charge in [-0.25, -0.2) is 0 Å². The summed E-state index contributed by atoms with van der Waals surface area (Å²) in [5.41, 5.74) is 5.47. The van der Waals surface area contributed by atoms with E-state index < -0.39 is 11.7 Å². The number of anilines is 1. The number of benzene rings is 2. The Kier molecular flexibility index (Phi) is 3.34. The second-order valence-electron chi connectivity index (χ2n) is 3.76. The highest BCUT2D eigenvalue weighted by atomic mass is 79.9. The van der Waals surface area contributed by atoms with Gasteiger partial charge in [-0.05, 0) is 33.1 Å². The van der Waals surface area contributed by atoms with E-state index >= 15 is 0 Å². The van der Waals surface area contributed by atoms with Gasteiger partial charge < -0.3 is 5.73 Å². The largest absolute Gasteiger partial charge is 0.418 e. The molecule has 0 aliphatic heterocycles. The molecule has 0 aromatic heterocycles. The average molecular weight is 316 g/mol. The van der Waals surface area contributed by atoms with Crippen LogP contribution in [0.5, 0.6) is 0 Å². The predicted octanol–water partition coefficient (Wildman–Crippen LogP) is 4.72. The lowest BCUT2D eigenvalue weighted by Crippen LogP contribution is -2.09. The van der Waals surface area contributed by atoms with E-state index in [4.69, 9.17) is 5.73 Å². The first-order valence-electron chi connectivity index (χ1n) is 5.12. The number of nitrogens with two attached hydrogens (primary N) is 1. The molecule has 0 fully saturated rings. The van der Waals surface area contributed by atoms with E-state index in [2.05, 4.69) is 15.9 Å². The third-order valence-corrected chi connectivity index (χ3v) is 3.39. The predicted molar refractivity (Wildman–Crippen MR) is 69.0 cm³/mol. The van der Waals surface area contributed by atoms with E-state index in [0.29, 0.717) is 5.56 Å². The van der Waals surface area contributed by atoms with Crippen LogP contribution < -0.4 is 5.73 Å². The van der Waals surface area contributed by atoms with Gasteiger partial charge in [0.25, 0.3) is 0 Å². The summed E-state index contributed by atoms with van der Waals surface area (Å²) >= 11 is 2.92. The van der Waals surface area contributed by atoms with Crippen LogP contribution in [0, 0.1) is 0 Å². The highest BCUT2D eigenvalue weighted by Crippen LogP contribution is 2.43. The molecule has 0 atom stereocenters. The molecule has 2 aromatic carbocycles. The van der Waals surface area contributed by atoms with Crippen molar-refractivity contribution in [1.82, 2.24) is 0 Å². The Morgan fingerprint density at radius 1 is 0.944 bits per heavy atom. The minimum atomic E-state index is -4.46. The lowest BCUT2D eigenvalue weighted by Gasteiger charge is -2.16. The van der Waals surface area contributed by atoms with Crippen molar-refractivity contribution in [2.75, 3.05) is 5.73 Å². The van der Waals surface area contributed by atoms with Crippen molar-refractivity contribution in [3.63, 3.8) is 0 Å². The zero-order valence-electron chi connectivity index (χ0n) is 9.13. The van der Waals surface area contributed by atoms with Gasteiger partial charge in [-0.3, -0.25) is 0 Å². The zero-order valence-corrected chi connectivity index (χ0v) is 10.7. The highest BCUT2D eigenvalue weighted by Gasteiger charge is 2.36. The molecule has 2 aromatic rings. The summed E-state index contributed by atoms with van der Waals surface area (Å²) in [5, 5.41) is 0. The molecule has 0 aliphatic carbocycles. The second kappa shape index (κ2) is 4.65. The van der Waals surface area contributed by atoms with Gasteiger partial charge in [0, 0.05) is 5.69 Å². The fourth-order valence-corrected chi connectivity index (χ4v) is 2.30. The van der Waals surface area contributed by atoms with Gasteiger partial charge in [-0.15, -0.1) is 0 Å². The van der Waals surface area contributed by atoms with Crippen molar-refractivity contribution < 1.29 is 13.2 Å². The van der Waals surface area contributed by atoms with Crippen LogP contribution in [0.3, 0.4) is 0 Å². The molecule has 0 saturated carbocycles. The molecule has 0 spiro atoms. The van der Waals surface area contributed by atoms with Gasteiger partial charge in [0.2, 0.25) is 0 Å². The summed E-state index contributed by atoms with van der Waals surface area (Å²) in [6.45, 7) is 0. The third-order valence-electron chi connectivity index (χ3n) is 2.54. The first-order valence-corrected chi connectivity index (χ1v) is 5.91. The monoisotopic (exact) mass is 315 g/mol. The molecule has 0 aliphatic rings. The van der Waals surface area contributed by atoms with E-state index in [1.54, 1.807) is 30.3 Å². The van der Waals surface area contributed by atoms with Crippen LogP contribution in [0.4, 0.5) is 18.9 Å². The molecular formula is C13H9BrF3N. The number of halogens is 4. The molecule has 0 amide bonds. The van der Waals surface area contributed by atoms with Crippen molar-refractivity contribution >= 4 is 21.6 Å². The molecule has 94 valence electrons. The van der Waals surface area contributed by atoms with E-state index in [1.165, 1.54) is 12.1 Å². The summed E-state index contributed by atoms with van der Waals surface area (Å²) in [6, 6.07) is 11.3. The summed E-state index contributed by atoms with van der Waals surface area (Å²) < 4.78 is 39.2. The van der Waals surface area contributed by atoms with Crippen molar-refractivity contribution in [1.29, 1.82) is 0 Å². The normalized spacial score (nSPS) is 11.6. The lowest BCUT2D eigenvalue weighted by molar-refractivity contribution is -0.137. The topological polar surface area (TPSA) is 26.0 Å². The maximum atomic E-state index is 13.1. The molecule has 0 unspecified atom stereocenters. The van der Waals surface area contributed by atoms with Gasteiger partial charge in [0.15, 0.2) is 0 Å². The Morgan fingerprint density at radius 3 is 2.11 bits per heavy atom. The van der Waals surface area contributed by atoms with Crippen LogP contribution in [0.1, 0.15) is 5.56 Å².